The fourth-order valence-corrected chi connectivity index (χ4v) is 10.7. The molecule has 1 unspecified atom stereocenters. The van der Waals surface area contributed by atoms with Gasteiger partial charge in [-0.15, -0.1) is 54.1 Å². The molecule has 0 N–H and O–H groups in total. The van der Waals surface area contributed by atoms with Gasteiger partial charge in [0.15, 0.2) is 0 Å². The van der Waals surface area contributed by atoms with Gasteiger partial charge < -0.3 is 14.4 Å². The summed E-state index contributed by atoms with van der Waals surface area (Å²) in [6.07, 6.45) is 13.5. The Morgan fingerprint density at radius 2 is 1.54 bits per heavy atom. The molecule has 3 aliphatic carbocycles. The number of furan rings is 1. The first-order chi connectivity index (χ1) is 26.5. The van der Waals surface area contributed by atoms with Crippen LogP contribution >= 0.6 is 0 Å². The molecule has 1 atom stereocenters. The van der Waals surface area contributed by atoms with Crippen LogP contribution in [-0.2, 0) is 32.9 Å². The second-order valence-corrected chi connectivity index (χ2v) is 23.3. The molecule has 0 saturated heterocycles. The predicted molar refractivity (Wildman–Crippen MR) is 233 cm³/mol. The number of hydrogen-bond donors (Lipinski definition) is 0. The largest absolute Gasteiger partial charge is 0.501 e. The Morgan fingerprint density at radius 1 is 0.750 bits per heavy atom. The van der Waals surface area contributed by atoms with E-state index >= 15 is 0 Å². The van der Waals surface area contributed by atoms with E-state index in [4.69, 9.17) is 14.4 Å². The normalized spacial score (nSPS) is 18.0. The maximum atomic E-state index is 6.39. The van der Waals surface area contributed by atoms with Crippen molar-refractivity contribution in [1.29, 1.82) is 0 Å². The molecule has 3 fully saturated rings. The zero-order chi connectivity index (χ0) is 38.2. The number of rotatable bonds is 7. The van der Waals surface area contributed by atoms with Gasteiger partial charge in [0.05, 0.1) is 13.7 Å². The Hall–Kier alpha value is -4.15. The minimum atomic E-state index is -1.37. The Morgan fingerprint density at radius 3 is 2.23 bits per heavy atom. The Bertz CT molecular complexity index is 2400. The molecule has 289 valence electrons. The molecule has 10 rings (SSSR count). The van der Waals surface area contributed by atoms with Crippen molar-refractivity contribution >= 4 is 35.2 Å². The summed E-state index contributed by atoms with van der Waals surface area (Å²) in [7, 11) is -1.37. The molecule has 0 aliphatic heterocycles. The van der Waals surface area contributed by atoms with Crippen LogP contribution in [0.25, 0.3) is 55.6 Å². The van der Waals surface area contributed by atoms with Crippen LogP contribution in [-0.4, -0.2) is 18.0 Å². The van der Waals surface area contributed by atoms with Crippen molar-refractivity contribution in [1.82, 2.24) is 9.97 Å². The topological polar surface area (TPSA) is 38.9 Å². The third-order valence-corrected chi connectivity index (χ3v) is 13.9. The number of benzene rings is 4. The summed E-state index contributed by atoms with van der Waals surface area (Å²) in [5.41, 5.74) is 11.4. The Labute approximate surface area is 348 Å². The monoisotopic (exact) mass is 931 g/mol. The molecule has 2 bridgehead atoms. The van der Waals surface area contributed by atoms with Crippen molar-refractivity contribution in [2.24, 2.45) is 23.2 Å². The molecule has 3 saturated carbocycles. The summed E-state index contributed by atoms with van der Waals surface area (Å²) in [6.45, 7) is 14.1. The van der Waals surface area contributed by atoms with Gasteiger partial charge in [-0.3, -0.25) is 0 Å². The van der Waals surface area contributed by atoms with Crippen molar-refractivity contribution in [3.63, 3.8) is 0 Å². The molecule has 56 heavy (non-hydrogen) atoms. The summed E-state index contributed by atoms with van der Waals surface area (Å²) >= 11 is 0. The fourth-order valence-electron chi connectivity index (χ4n) is 9.14. The van der Waals surface area contributed by atoms with E-state index in [1.54, 1.807) is 0 Å². The van der Waals surface area contributed by atoms with Gasteiger partial charge in [-0.25, -0.2) is 0 Å². The van der Waals surface area contributed by atoms with E-state index in [0.717, 1.165) is 68.6 Å². The number of hydrogen-bond acceptors (Lipinski definition) is 3. The predicted octanol–water partition coefficient (Wildman–Crippen LogP) is 13.2. The first-order valence-corrected chi connectivity index (χ1v) is 23.8. The zero-order valence-corrected chi connectivity index (χ0v) is 37.2. The molecular weight excluding hydrogens is 877 g/mol. The minimum absolute atomic E-state index is 0. The van der Waals surface area contributed by atoms with Crippen LogP contribution in [0.1, 0.15) is 64.0 Å². The molecule has 3 aliphatic rings. The van der Waals surface area contributed by atoms with Gasteiger partial charge in [0.1, 0.15) is 5.58 Å². The molecule has 5 heteroatoms. The van der Waals surface area contributed by atoms with E-state index in [-0.39, 0.29) is 25.5 Å². The van der Waals surface area contributed by atoms with Crippen molar-refractivity contribution < 1.29 is 24.5 Å². The van der Waals surface area contributed by atoms with Crippen LogP contribution in [0.5, 0.6) is 0 Å². The van der Waals surface area contributed by atoms with Gasteiger partial charge in [-0.05, 0) is 101 Å². The van der Waals surface area contributed by atoms with Gasteiger partial charge in [-0.1, -0.05) is 124 Å². The quantitative estimate of drug-likeness (QED) is 0.118. The second-order valence-electron chi connectivity index (χ2n) is 18.3. The Balaban J connectivity index is 0.000000190. The van der Waals surface area contributed by atoms with Crippen molar-refractivity contribution in [2.75, 3.05) is 0 Å². The first kappa shape index (κ1) is 40.1. The van der Waals surface area contributed by atoms with E-state index < -0.39 is 8.07 Å². The van der Waals surface area contributed by atoms with Crippen LogP contribution in [0.4, 0.5) is 0 Å². The maximum Gasteiger partial charge on any atom is 0.120 e. The van der Waals surface area contributed by atoms with Gasteiger partial charge in [0.25, 0.3) is 0 Å². The molecule has 7 aromatic rings. The molecule has 1 radical (unpaired) electrons. The number of fused-ring (bicyclic) bond motifs is 6. The smallest absolute Gasteiger partial charge is 0.120 e. The summed E-state index contributed by atoms with van der Waals surface area (Å²) in [5.74, 6) is 2.73. The van der Waals surface area contributed by atoms with Crippen molar-refractivity contribution in [3.8, 4) is 33.6 Å². The van der Waals surface area contributed by atoms with Crippen LogP contribution in [0.2, 0.25) is 19.6 Å². The molecule has 4 aromatic carbocycles. The van der Waals surface area contributed by atoms with Gasteiger partial charge >= 0.3 is 0 Å². The van der Waals surface area contributed by atoms with E-state index in [1.165, 1.54) is 66.0 Å². The van der Waals surface area contributed by atoms with E-state index in [2.05, 4.69) is 138 Å². The van der Waals surface area contributed by atoms with Crippen LogP contribution in [0.15, 0.2) is 120 Å². The van der Waals surface area contributed by atoms with Gasteiger partial charge in [-0.2, -0.15) is 0 Å². The number of aromatic nitrogens is 2. The molecule has 3 heterocycles. The minimum Gasteiger partial charge on any atom is -0.501 e. The van der Waals surface area contributed by atoms with E-state index in [9.17, 15) is 0 Å². The fraction of sp³-hybridized carbons (Fsp3) is 0.333. The van der Waals surface area contributed by atoms with E-state index in [1.807, 2.05) is 30.5 Å². The SMILES string of the molecule is CC(C)(C)Cc1cc(-c2[c-]cccc2)ncc1[Si](C)(C)C.[Ir].[c-]1ccc2c(oc3ccc(-c4ccccc4)cc32)c1-c1cc(CC2CC3CCC2CC3)ccn1. The van der Waals surface area contributed by atoms with Crippen molar-refractivity contribution in [3.05, 3.63) is 139 Å². The van der Waals surface area contributed by atoms with Gasteiger partial charge in [0, 0.05) is 37.9 Å². The van der Waals surface area contributed by atoms with Crippen LogP contribution in [0, 0.1) is 35.3 Å². The third kappa shape index (κ3) is 9.02. The maximum absolute atomic E-state index is 6.39. The van der Waals surface area contributed by atoms with Crippen LogP contribution < -0.4 is 5.19 Å². The molecule has 3 nitrogen and oxygen atoms in total. The summed E-state index contributed by atoms with van der Waals surface area (Å²) in [6, 6.07) is 42.7. The molecule has 3 aromatic heterocycles. The second kappa shape index (κ2) is 16.8. The standard InChI is InChI=1S/C32H28NO.C19H26NSi.Ir/c1-2-5-23(6-3-1)25-13-14-31-29(20-25)27-7-4-8-28(32(27)34-31)30-19-22(15-16-33-30)18-26-17-21-9-11-24(26)12-10-21;1-19(2,3)13-16-12-17(15-10-8-7-9-11-15)20-14-18(16)21(4,5)6;/h1-7,13-16,19-21,24,26H,9-12,17-18H2;7-10,12,14H,13H2,1-6H3;/q2*-1;. The van der Waals surface area contributed by atoms with E-state index in [0.29, 0.717) is 0 Å². The van der Waals surface area contributed by atoms with Gasteiger partial charge in [0.2, 0.25) is 0 Å². The molecule has 0 spiro atoms. The van der Waals surface area contributed by atoms with Crippen LogP contribution in [0.3, 0.4) is 0 Å². The Kier molecular flexibility index (Phi) is 12.0. The average Bonchev–Trinajstić information content (AvgIpc) is 3.57. The summed E-state index contributed by atoms with van der Waals surface area (Å²) in [5, 5.41) is 3.75. The molecule has 0 amide bonds. The first-order valence-electron chi connectivity index (χ1n) is 20.3. The zero-order valence-electron chi connectivity index (χ0n) is 33.8. The summed E-state index contributed by atoms with van der Waals surface area (Å²) < 4.78 is 6.39. The number of nitrogens with zero attached hydrogens (tertiary/aromatic N) is 2. The molecular formula is C51H54IrN2OSi-2. The average molecular weight is 931 g/mol. The van der Waals surface area contributed by atoms with Crippen molar-refractivity contribution in [2.45, 2.75) is 85.4 Å². The third-order valence-electron chi connectivity index (χ3n) is 11.8. The summed E-state index contributed by atoms with van der Waals surface area (Å²) in [4.78, 5) is 9.45. The number of pyridine rings is 2.